The van der Waals surface area contributed by atoms with E-state index < -0.39 is 9.84 Å². The van der Waals surface area contributed by atoms with Crippen molar-refractivity contribution in [3.05, 3.63) is 64.7 Å². The lowest BCUT2D eigenvalue weighted by Crippen LogP contribution is -2.10. The molecule has 0 bridgehead atoms. The molecule has 0 spiro atoms. The first-order valence-corrected chi connectivity index (χ1v) is 9.08. The van der Waals surface area contributed by atoms with E-state index in [-0.39, 0.29) is 10.8 Å². The molecule has 0 aliphatic rings. The van der Waals surface area contributed by atoms with E-state index in [0.29, 0.717) is 10.7 Å². The maximum atomic E-state index is 12.0. The van der Waals surface area contributed by atoms with Gasteiger partial charge in [-0.3, -0.25) is 4.79 Å². The van der Waals surface area contributed by atoms with Gasteiger partial charge in [0.15, 0.2) is 9.84 Å². The molecule has 0 saturated carbocycles. The second kappa shape index (κ2) is 6.98. The fourth-order valence-electron chi connectivity index (χ4n) is 1.92. The Morgan fingerprint density at radius 2 is 1.87 bits per heavy atom. The molecule has 0 heterocycles. The van der Waals surface area contributed by atoms with Crippen LogP contribution in [-0.2, 0) is 14.6 Å². The highest BCUT2D eigenvalue weighted by Gasteiger charge is 2.10. The monoisotopic (exact) mass is 349 g/mol. The van der Waals surface area contributed by atoms with Crippen LogP contribution in [0.5, 0.6) is 0 Å². The van der Waals surface area contributed by atoms with E-state index in [1.807, 2.05) is 6.07 Å². The van der Waals surface area contributed by atoms with Gasteiger partial charge in [0.05, 0.1) is 4.90 Å². The number of rotatable bonds is 4. The number of amides is 1. The molecular weight excluding hydrogens is 334 g/mol. The predicted molar refractivity (Wildman–Crippen MR) is 93.4 cm³/mol. The third-order valence-corrected chi connectivity index (χ3v) is 4.67. The summed E-state index contributed by atoms with van der Waals surface area (Å²) in [6.45, 7) is 1.79. The summed E-state index contributed by atoms with van der Waals surface area (Å²) in [5.74, 6) is -0.362. The van der Waals surface area contributed by atoms with Gasteiger partial charge in [-0.1, -0.05) is 35.9 Å². The zero-order chi connectivity index (χ0) is 17.0. The number of sulfone groups is 1. The molecule has 0 saturated heterocycles. The Hall–Kier alpha value is -2.11. The number of anilines is 1. The minimum absolute atomic E-state index is 0.161. The largest absolute Gasteiger partial charge is 0.322 e. The average Bonchev–Trinajstić information content (AvgIpc) is 2.47. The zero-order valence-corrected chi connectivity index (χ0v) is 14.3. The van der Waals surface area contributed by atoms with Crippen molar-refractivity contribution < 1.29 is 13.2 Å². The molecule has 2 aromatic rings. The van der Waals surface area contributed by atoms with Gasteiger partial charge in [-0.05, 0) is 42.3 Å². The highest BCUT2D eigenvalue weighted by Crippen LogP contribution is 2.21. The Morgan fingerprint density at radius 3 is 2.52 bits per heavy atom. The summed E-state index contributed by atoms with van der Waals surface area (Å²) < 4.78 is 23.2. The molecule has 0 unspecified atom stereocenters. The number of aryl methyl sites for hydroxylation is 1. The maximum Gasteiger partial charge on any atom is 0.248 e. The van der Waals surface area contributed by atoms with Gasteiger partial charge in [0.1, 0.15) is 0 Å². The van der Waals surface area contributed by atoms with Gasteiger partial charge < -0.3 is 5.32 Å². The fraction of sp³-hybridized carbons (Fsp3) is 0.118. The standard InChI is InChI=1S/C17H16ClNO3S/c1-12-7-9-14(23(2,21)22)11-16(12)19-17(20)10-8-13-5-3-4-6-15(13)18/h3-11H,1-2H3,(H,19,20)/b10-8+. The quantitative estimate of drug-likeness (QED) is 0.856. The molecule has 1 amide bonds. The molecule has 0 radical (unpaired) electrons. The van der Waals surface area contributed by atoms with E-state index in [9.17, 15) is 13.2 Å². The molecule has 4 nitrogen and oxygen atoms in total. The van der Waals surface area contributed by atoms with Crippen molar-refractivity contribution in [3.8, 4) is 0 Å². The van der Waals surface area contributed by atoms with Crippen molar-refractivity contribution in [2.75, 3.05) is 11.6 Å². The Morgan fingerprint density at radius 1 is 1.17 bits per heavy atom. The van der Waals surface area contributed by atoms with Crippen LogP contribution in [0.25, 0.3) is 6.08 Å². The molecule has 0 fully saturated rings. The van der Waals surface area contributed by atoms with Gasteiger partial charge in [-0.2, -0.15) is 0 Å². The smallest absolute Gasteiger partial charge is 0.248 e. The molecule has 2 rings (SSSR count). The van der Waals surface area contributed by atoms with Gasteiger partial charge in [0.2, 0.25) is 5.91 Å². The Kier molecular flexibility index (Phi) is 5.23. The van der Waals surface area contributed by atoms with Crippen LogP contribution >= 0.6 is 11.6 Å². The van der Waals surface area contributed by atoms with Crippen LogP contribution < -0.4 is 5.32 Å². The first-order chi connectivity index (χ1) is 10.8. The van der Waals surface area contributed by atoms with E-state index in [4.69, 9.17) is 11.6 Å². The van der Waals surface area contributed by atoms with Gasteiger partial charge >= 0.3 is 0 Å². The number of nitrogens with one attached hydrogen (secondary N) is 1. The van der Waals surface area contributed by atoms with Crippen molar-refractivity contribution in [1.82, 2.24) is 0 Å². The first-order valence-electron chi connectivity index (χ1n) is 6.81. The average molecular weight is 350 g/mol. The summed E-state index contributed by atoms with van der Waals surface area (Å²) in [7, 11) is -3.33. The third kappa shape index (κ3) is 4.68. The van der Waals surface area contributed by atoms with Crippen LogP contribution in [0.3, 0.4) is 0 Å². The minimum Gasteiger partial charge on any atom is -0.322 e. The molecule has 0 aliphatic carbocycles. The molecule has 0 aliphatic heterocycles. The van der Waals surface area contributed by atoms with Crippen molar-refractivity contribution in [3.63, 3.8) is 0 Å². The molecule has 2 aromatic carbocycles. The van der Waals surface area contributed by atoms with Crippen molar-refractivity contribution in [1.29, 1.82) is 0 Å². The van der Waals surface area contributed by atoms with E-state index in [2.05, 4.69) is 5.32 Å². The Labute approximate surface area is 140 Å². The van der Waals surface area contributed by atoms with Gasteiger partial charge in [-0.25, -0.2) is 8.42 Å². The molecule has 0 atom stereocenters. The molecular formula is C17H16ClNO3S. The lowest BCUT2D eigenvalue weighted by Gasteiger charge is -2.08. The summed E-state index contributed by atoms with van der Waals surface area (Å²) in [6, 6.07) is 11.8. The number of hydrogen-bond donors (Lipinski definition) is 1. The number of benzene rings is 2. The number of carbonyl (C=O) groups is 1. The minimum atomic E-state index is -3.33. The first kappa shape index (κ1) is 17.2. The highest BCUT2D eigenvalue weighted by atomic mass is 35.5. The van der Waals surface area contributed by atoms with Crippen LogP contribution in [0.4, 0.5) is 5.69 Å². The predicted octanol–water partition coefficient (Wildman–Crippen LogP) is 3.70. The topological polar surface area (TPSA) is 63.2 Å². The summed E-state index contributed by atoms with van der Waals surface area (Å²) >= 11 is 6.01. The van der Waals surface area contributed by atoms with Crippen molar-refractivity contribution >= 4 is 39.1 Å². The normalized spacial score (nSPS) is 11.6. The summed E-state index contributed by atoms with van der Waals surface area (Å²) in [4.78, 5) is 12.2. The van der Waals surface area contributed by atoms with Gasteiger partial charge in [0, 0.05) is 23.0 Å². The van der Waals surface area contributed by atoms with Crippen LogP contribution in [0.2, 0.25) is 5.02 Å². The third-order valence-electron chi connectivity index (χ3n) is 3.21. The number of hydrogen-bond acceptors (Lipinski definition) is 3. The Balaban J connectivity index is 2.19. The van der Waals surface area contributed by atoms with Crippen molar-refractivity contribution in [2.45, 2.75) is 11.8 Å². The molecule has 0 aromatic heterocycles. The van der Waals surface area contributed by atoms with Crippen molar-refractivity contribution in [2.24, 2.45) is 0 Å². The van der Waals surface area contributed by atoms with Crippen LogP contribution in [0, 0.1) is 6.92 Å². The molecule has 23 heavy (non-hydrogen) atoms. The number of carbonyl (C=O) groups excluding carboxylic acids is 1. The van der Waals surface area contributed by atoms with Crippen LogP contribution in [-0.4, -0.2) is 20.6 Å². The van der Waals surface area contributed by atoms with Gasteiger partial charge in [0.25, 0.3) is 0 Å². The van der Waals surface area contributed by atoms with Gasteiger partial charge in [-0.15, -0.1) is 0 Å². The zero-order valence-electron chi connectivity index (χ0n) is 12.7. The van der Waals surface area contributed by atoms with Crippen LogP contribution in [0.15, 0.2) is 53.4 Å². The van der Waals surface area contributed by atoms with E-state index in [1.54, 1.807) is 37.3 Å². The fourth-order valence-corrected chi connectivity index (χ4v) is 2.76. The van der Waals surface area contributed by atoms with E-state index >= 15 is 0 Å². The SMILES string of the molecule is Cc1ccc(S(C)(=O)=O)cc1NC(=O)/C=C/c1ccccc1Cl. The summed E-state index contributed by atoms with van der Waals surface area (Å²) in [6.07, 6.45) is 4.09. The van der Waals surface area contributed by atoms with Crippen LogP contribution in [0.1, 0.15) is 11.1 Å². The second-order valence-corrected chi connectivity index (χ2v) is 7.52. The lowest BCUT2D eigenvalue weighted by molar-refractivity contribution is -0.111. The summed E-state index contributed by atoms with van der Waals surface area (Å²) in [5.41, 5.74) is 1.96. The second-order valence-electron chi connectivity index (χ2n) is 5.09. The Bertz CT molecular complexity index is 873. The highest BCUT2D eigenvalue weighted by molar-refractivity contribution is 7.90. The lowest BCUT2D eigenvalue weighted by atomic mass is 10.2. The summed E-state index contributed by atoms with van der Waals surface area (Å²) in [5, 5.41) is 3.23. The van der Waals surface area contributed by atoms with E-state index in [0.717, 1.165) is 17.4 Å². The maximum absolute atomic E-state index is 12.0. The molecule has 6 heteroatoms. The van der Waals surface area contributed by atoms with E-state index in [1.165, 1.54) is 18.2 Å². The molecule has 1 N–H and O–H groups in total. The number of halogens is 1. The molecule has 120 valence electrons.